The lowest BCUT2D eigenvalue weighted by Crippen LogP contribution is -2.44. The Bertz CT molecular complexity index is 1340. The third-order valence-electron chi connectivity index (χ3n) is 7.13. The maximum atomic E-state index is 13.9. The van der Waals surface area contributed by atoms with Gasteiger partial charge in [-0.25, -0.2) is 0 Å². The first-order chi connectivity index (χ1) is 18.6. The van der Waals surface area contributed by atoms with Crippen LogP contribution in [0.25, 0.3) is 0 Å². The van der Waals surface area contributed by atoms with Gasteiger partial charge in [0, 0.05) is 18.2 Å². The first kappa shape index (κ1) is 28.4. The highest BCUT2D eigenvalue weighted by Crippen LogP contribution is 2.35. The highest BCUT2D eigenvalue weighted by Gasteiger charge is 2.50. The Hall–Kier alpha value is -3.62. The smallest absolute Gasteiger partial charge is 0.260 e. The second-order valence-corrected chi connectivity index (χ2v) is 11.8. The summed E-state index contributed by atoms with van der Waals surface area (Å²) in [6.07, 6.45) is 3.05. The summed E-state index contributed by atoms with van der Waals surface area (Å²) in [5.74, 6) is 0.139. The zero-order valence-corrected chi connectivity index (χ0v) is 23.8. The van der Waals surface area contributed by atoms with Crippen LogP contribution < -0.4 is 5.32 Å². The molecule has 2 unspecified atom stereocenters. The Labute approximate surface area is 233 Å². The summed E-state index contributed by atoms with van der Waals surface area (Å²) in [6, 6.07) is 24.2. The Morgan fingerprint density at radius 3 is 2.46 bits per heavy atom. The van der Waals surface area contributed by atoms with Crippen molar-refractivity contribution in [3.63, 3.8) is 0 Å². The molecule has 2 N–H and O–H groups in total. The Kier molecular flexibility index (Phi) is 8.77. The fourth-order valence-corrected chi connectivity index (χ4v) is 5.76. The quantitative estimate of drug-likeness (QED) is 0.355. The van der Waals surface area contributed by atoms with Gasteiger partial charge in [0.1, 0.15) is 11.8 Å². The molecule has 1 saturated heterocycles. The molecule has 3 aromatic rings. The van der Waals surface area contributed by atoms with Crippen LogP contribution in [-0.2, 0) is 34.6 Å². The minimum Gasteiger partial charge on any atom is -0.612 e. The van der Waals surface area contributed by atoms with Crippen molar-refractivity contribution >= 4 is 28.9 Å². The number of nitrogens with zero attached hydrogens (tertiary/aromatic N) is 2. The van der Waals surface area contributed by atoms with Crippen molar-refractivity contribution in [3.05, 3.63) is 101 Å². The summed E-state index contributed by atoms with van der Waals surface area (Å²) < 4.78 is 12.1. The van der Waals surface area contributed by atoms with E-state index in [4.69, 9.17) is 5.41 Å². The van der Waals surface area contributed by atoms with Crippen LogP contribution in [0.5, 0.6) is 0 Å². The number of amides is 2. The molecule has 1 aliphatic rings. The summed E-state index contributed by atoms with van der Waals surface area (Å²) in [4.78, 5) is 31.0. The molecule has 0 aromatic heterocycles. The molecule has 1 aliphatic heterocycles. The Balaban J connectivity index is 1.53. The van der Waals surface area contributed by atoms with Crippen LogP contribution >= 0.6 is 0 Å². The highest BCUT2D eigenvalue weighted by molar-refractivity contribution is 7.90. The molecule has 2 amide bonds. The van der Waals surface area contributed by atoms with Gasteiger partial charge in [-0.2, -0.15) is 0 Å². The van der Waals surface area contributed by atoms with Gasteiger partial charge < -0.3 is 14.8 Å². The normalized spacial score (nSPS) is 17.8. The van der Waals surface area contributed by atoms with Crippen molar-refractivity contribution in [1.82, 2.24) is 15.1 Å². The van der Waals surface area contributed by atoms with E-state index >= 15 is 0 Å². The first-order valence-electron chi connectivity index (χ1n) is 13.1. The summed E-state index contributed by atoms with van der Waals surface area (Å²) >= 11 is -1.15. The molecule has 7 nitrogen and oxygen atoms in total. The SMILES string of the molecule is CC(C)CCC1(c2ccccc2)NC(=N)N(Cc2cccc(C(=O)N(C)Cc3ccccc3[S+](C)[O-])c2)C1=O. The Morgan fingerprint density at radius 2 is 1.77 bits per heavy atom. The number of benzene rings is 3. The fourth-order valence-electron chi connectivity index (χ4n) is 4.99. The average molecular weight is 545 g/mol. The lowest BCUT2D eigenvalue weighted by Gasteiger charge is -2.28. The van der Waals surface area contributed by atoms with Gasteiger partial charge in [-0.15, -0.1) is 0 Å². The van der Waals surface area contributed by atoms with Gasteiger partial charge in [-0.1, -0.05) is 74.5 Å². The molecule has 39 heavy (non-hydrogen) atoms. The molecule has 8 heteroatoms. The van der Waals surface area contributed by atoms with Crippen molar-refractivity contribution in [2.75, 3.05) is 13.3 Å². The van der Waals surface area contributed by atoms with E-state index in [2.05, 4.69) is 19.2 Å². The van der Waals surface area contributed by atoms with Crippen molar-refractivity contribution in [3.8, 4) is 0 Å². The van der Waals surface area contributed by atoms with Gasteiger partial charge in [0.05, 0.1) is 13.1 Å². The zero-order chi connectivity index (χ0) is 28.2. The lowest BCUT2D eigenvalue weighted by molar-refractivity contribution is -0.132. The van der Waals surface area contributed by atoms with Crippen molar-refractivity contribution in [2.24, 2.45) is 5.92 Å². The summed E-state index contributed by atoms with van der Waals surface area (Å²) in [5, 5.41) is 11.9. The van der Waals surface area contributed by atoms with E-state index in [0.717, 1.165) is 23.1 Å². The largest absolute Gasteiger partial charge is 0.612 e. The number of rotatable bonds is 10. The molecule has 0 radical (unpaired) electrons. The van der Waals surface area contributed by atoms with Gasteiger partial charge in [0.2, 0.25) is 0 Å². The third kappa shape index (κ3) is 6.18. The number of carbonyl (C=O) groups is 2. The van der Waals surface area contributed by atoms with Crippen LogP contribution in [0.15, 0.2) is 83.8 Å². The van der Waals surface area contributed by atoms with Crippen molar-refractivity contribution in [1.29, 1.82) is 5.41 Å². The molecular formula is C31H36N4O3S. The maximum Gasteiger partial charge on any atom is 0.260 e. The van der Waals surface area contributed by atoms with E-state index in [-0.39, 0.29) is 24.3 Å². The molecule has 0 saturated carbocycles. The van der Waals surface area contributed by atoms with Gasteiger partial charge in [-0.05, 0) is 59.3 Å². The predicted octanol–water partition coefficient (Wildman–Crippen LogP) is 4.89. The first-order valence-corrected chi connectivity index (χ1v) is 14.7. The predicted molar refractivity (Wildman–Crippen MR) is 155 cm³/mol. The lowest BCUT2D eigenvalue weighted by atomic mass is 9.83. The van der Waals surface area contributed by atoms with E-state index in [1.54, 1.807) is 36.4 Å². The molecule has 0 bridgehead atoms. The number of guanidine groups is 1. The monoisotopic (exact) mass is 544 g/mol. The molecule has 3 aromatic carbocycles. The van der Waals surface area contributed by atoms with Crippen molar-refractivity contribution in [2.45, 2.75) is 50.2 Å². The summed E-state index contributed by atoms with van der Waals surface area (Å²) in [6.45, 7) is 4.76. The molecule has 204 valence electrons. The van der Waals surface area contributed by atoms with Crippen molar-refractivity contribution < 1.29 is 14.1 Å². The third-order valence-corrected chi connectivity index (χ3v) is 8.14. The number of hydrogen-bond acceptors (Lipinski definition) is 4. The minimum atomic E-state index is -1.15. The van der Waals surface area contributed by atoms with Gasteiger partial charge >= 0.3 is 0 Å². The van der Waals surface area contributed by atoms with Crippen LogP contribution in [0.3, 0.4) is 0 Å². The number of hydrogen-bond donors (Lipinski definition) is 2. The molecule has 1 fully saturated rings. The van der Waals surface area contributed by atoms with Gasteiger partial charge in [0.25, 0.3) is 11.8 Å². The van der Waals surface area contributed by atoms with Crippen LogP contribution in [-0.4, -0.2) is 45.4 Å². The molecule has 0 spiro atoms. The van der Waals surface area contributed by atoms with E-state index in [9.17, 15) is 14.1 Å². The zero-order valence-electron chi connectivity index (χ0n) is 22.9. The van der Waals surface area contributed by atoms with Gasteiger partial charge in [-0.3, -0.25) is 19.9 Å². The molecule has 0 aliphatic carbocycles. The Morgan fingerprint density at radius 1 is 1.08 bits per heavy atom. The van der Waals surface area contributed by atoms with E-state index in [0.29, 0.717) is 29.3 Å². The average Bonchev–Trinajstić information content (AvgIpc) is 3.17. The van der Waals surface area contributed by atoms with Crippen LogP contribution in [0, 0.1) is 11.3 Å². The topological polar surface area (TPSA) is 99.6 Å². The van der Waals surface area contributed by atoms with Gasteiger partial charge in [0.15, 0.2) is 10.9 Å². The molecular weight excluding hydrogens is 508 g/mol. The molecule has 2 atom stereocenters. The number of carbonyl (C=O) groups excluding carboxylic acids is 2. The molecule has 1 heterocycles. The van der Waals surface area contributed by atoms with Crippen LogP contribution in [0.2, 0.25) is 0 Å². The molecule has 4 rings (SSSR count). The van der Waals surface area contributed by atoms with E-state index < -0.39 is 16.7 Å². The fraction of sp³-hybridized carbons (Fsp3) is 0.323. The standard InChI is InChI=1S/C31H36N4O3S/c1-22(2)17-18-31(26-14-6-5-7-15-26)29(37)35(30(32)33-31)20-23-11-10-13-24(19-23)28(36)34(3)21-25-12-8-9-16-27(25)39(4)38/h5-16,19,22H,17-18,20-21H2,1-4H3,(H2,32,33). The summed E-state index contributed by atoms with van der Waals surface area (Å²) in [5.41, 5.74) is 1.96. The van der Waals surface area contributed by atoms with E-state index in [1.807, 2.05) is 60.7 Å². The van der Waals surface area contributed by atoms with Crippen LogP contribution in [0.1, 0.15) is 53.7 Å². The second-order valence-electron chi connectivity index (χ2n) is 10.5. The minimum absolute atomic E-state index is 0.0608. The van der Waals surface area contributed by atoms with E-state index in [1.165, 1.54) is 4.90 Å². The van der Waals surface area contributed by atoms with Crippen LogP contribution in [0.4, 0.5) is 0 Å². The number of nitrogens with one attached hydrogen (secondary N) is 2. The maximum absolute atomic E-state index is 13.9. The highest BCUT2D eigenvalue weighted by atomic mass is 32.2. The summed E-state index contributed by atoms with van der Waals surface area (Å²) in [7, 11) is 1.72. The second kappa shape index (κ2) is 12.1.